The number of carboxylic acids is 1. The Morgan fingerprint density at radius 2 is 1.88 bits per heavy atom. The smallest absolute Gasteiger partial charge is 0.314 e. The van der Waals surface area contributed by atoms with Crippen LogP contribution in [0.5, 0.6) is 0 Å². The molecule has 1 aliphatic rings. The average Bonchev–Trinajstić information content (AvgIpc) is 3.01. The minimum atomic E-state index is -1.39. The summed E-state index contributed by atoms with van der Waals surface area (Å²) in [6.07, 6.45) is 0.466. The summed E-state index contributed by atoms with van der Waals surface area (Å²) in [7, 11) is 0. The largest absolute Gasteiger partial charge is 0.481 e. The van der Waals surface area contributed by atoms with Gasteiger partial charge in [0, 0.05) is 5.56 Å². The number of carbonyl (C=O) groups is 1. The van der Waals surface area contributed by atoms with Gasteiger partial charge in [-0.05, 0) is 34.8 Å². The van der Waals surface area contributed by atoms with Gasteiger partial charge in [0.05, 0.1) is 9.89 Å². The fourth-order valence-corrected chi connectivity index (χ4v) is 2.05. The van der Waals surface area contributed by atoms with E-state index in [1.807, 2.05) is 0 Å². The third-order valence-corrected chi connectivity index (χ3v) is 3.47. The molecule has 0 saturated heterocycles. The molecule has 0 bridgehead atoms. The van der Waals surface area contributed by atoms with Gasteiger partial charge in [-0.25, -0.2) is 13.2 Å². The first kappa shape index (κ1) is 11.4. The molecular formula is C10H6BrF3O2. The highest BCUT2D eigenvalue weighted by Gasteiger charge is 2.54. The van der Waals surface area contributed by atoms with Crippen LogP contribution >= 0.6 is 15.9 Å². The SMILES string of the molecule is O=C(O)C1(c2cc(F)c(F)c(Br)c2F)CC1. The number of rotatable bonds is 2. The van der Waals surface area contributed by atoms with Gasteiger partial charge < -0.3 is 5.11 Å². The molecule has 0 heterocycles. The predicted octanol–water partition coefficient (Wildman–Crippen LogP) is 2.98. The van der Waals surface area contributed by atoms with Gasteiger partial charge in [-0.2, -0.15) is 0 Å². The second-order valence-electron chi connectivity index (χ2n) is 3.74. The van der Waals surface area contributed by atoms with Crippen LogP contribution in [0, 0.1) is 17.5 Å². The van der Waals surface area contributed by atoms with E-state index in [4.69, 9.17) is 5.11 Å². The van der Waals surface area contributed by atoms with Crippen molar-refractivity contribution in [3.63, 3.8) is 0 Å². The first-order chi connectivity index (χ1) is 7.40. The van der Waals surface area contributed by atoms with E-state index in [0.717, 1.165) is 0 Å². The molecule has 0 amide bonds. The van der Waals surface area contributed by atoms with Gasteiger partial charge in [0.1, 0.15) is 5.82 Å². The summed E-state index contributed by atoms with van der Waals surface area (Å²) in [5, 5.41) is 8.93. The molecule has 16 heavy (non-hydrogen) atoms. The van der Waals surface area contributed by atoms with E-state index in [1.165, 1.54) is 0 Å². The fraction of sp³-hybridized carbons (Fsp3) is 0.300. The van der Waals surface area contributed by atoms with Crippen molar-refractivity contribution in [2.75, 3.05) is 0 Å². The van der Waals surface area contributed by atoms with E-state index in [-0.39, 0.29) is 18.4 Å². The Labute approximate surface area is 97.2 Å². The minimum absolute atomic E-state index is 0.233. The second kappa shape index (κ2) is 3.48. The molecule has 0 unspecified atom stereocenters. The highest BCUT2D eigenvalue weighted by molar-refractivity contribution is 9.10. The fourth-order valence-electron chi connectivity index (χ4n) is 1.64. The van der Waals surface area contributed by atoms with E-state index >= 15 is 0 Å². The molecule has 1 fully saturated rings. The number of aliphatic carboxylic acids is 1. The monoisotopic (exact) mass is 294 g/mol. The maximum absolute atomic E-state index is 13.6. The molecule has 86 valence electrons. The van der Waals surface area contributed by atoms with E-state index in [0.29, 0.717) is 6.07 Å². The third kappa shape index (κ3) is 1.43. The second-order valence-corrected chi connectivity index (χ2v) is 4.53. The maximum atomic E-state index is 13.6. The first-order valence-corrected chi connectivity index (χ1v) is 5.26. The van der Waals surface area contributed by atoms with Crippen molar-refractivity contribution in [1.82, 2.24) is 0 Å². The normalized spacial score (nSPS) is 17.2. The number of benzene rings is 1. The summed E-state index contributed by atoms with van der Waals surface area (Å²) < 4.78 is 39.0. The van der Waals surface area contributed by atoms with E-state index < -0.39 is 33.3 Å². The predicted molar refractivity (Wildman–Crippen MR) is 52.6 cm³/mol. The molecule has 6 heteroatoms. The summed E-state index contributed by atoms with van der Waals surface area (Å²) >= 11 is 2.57. The summed E-state index contributed by atoms with van der Waals surface area (Å²) in [4.78, 5) is 10.9. The van der Waals surface area contributed by atoms with Gasteiger partial charge in [-0.15, -0.1) is 0 Å². The van der Waals surface area contributed by atoms with Gasteiger partial charge in [0.2, 0.25) is 0 Å². The number of hydrogen-bond donors (Lipinski definition) is 1. The average molecular weight is 295 g/mol. The molecule has 0 atom stereocenters. The molecule has 1 aromatic carbocycles. The third-order valence-electron chi connectivity index (χ3n) is 2.78. The number of carboxylic acid groups (broad SMARTS) is 1. The molecular weight excluding hydrogens is 289 g/mol. The first-order valence-electron chi connectivity index (χ1n) is 4.47. The van der Waals surface area contributed by atoms with Gasteiger partial charge in [-0.3, -0.25) is 4.79 Å². The Balaban J connectivity index is 2.63. The van der Waals surface area contributed by atoms with Crippen LogP contribution in [0.4, 0.5) is 13.2 Å². The Hall–Kier alpha value is -1.04. The highest BCUT2D eigenvalue weighted by Crippen LogP contribution is 2.50. The lowest BCUT2D eigenvalue weighted by atomic mass is 9.95. The van der Waals surface area contributed by atoms with E-state index in [9.17, 15) is 18.0 Å². The van der Waals surface area contributed by atoms with Crippen LogP contribution in [-0.2, 0) is 10.2 Å². The Kier molecular flexibility index (Phi) is 2.49. The van der Waals surface area contributed by atoms with Crippen molar-refractivity contribution in [1.29, 1.82) is 0 Å². The summed E-state index contributed by atoms with van der Waals surface area (Å²) in [6, 6.07) is 0.622. The lowest BCUT2D eigenvalue weighted by molar-refractivity contribution is -0.140. The van der Waals surface area contributed by atoms with Crippen LogP contribution in [0.2, 0.25) is 0 Å². The zero-order valence-corrected chi connectivity index (χ0v) is 9.44. The molecule has 0 spiro atoms. The van der Waals surface area contributed by atoms with Crippen molar-refractivity contribution >= 4 is 21.9 Å². The van der Waals surface area contributed by atoms with Crippen molar-refractivity contribution < 1.29 is 23.1 Å². The van der Waals surface area contributed by atoms with Gasteiger partial charge in [0.25, 0.3) is 0 Å². The van der Waals surface area contributed by atoms with E-state index in [1.54, 1.807) is 0 Å². The van der Waals surface area contributed by atoms with Crippen LogP contribution in [0.15, 0.2) is 10.5 Å². The Morgan fingerprint density at radius 1 is 1.31 bits per heavy atom. The lowest BCUT2D eigenvalue weighted by Gasteiger charge is -2.13. The molecule has 1 saturated carbocycles. The van der Waals surface area contributed by atoms with Crippen LogP contribution in [-0.4, -0.2) is 11.1 Å². The van der Waals surface area contributed by atoms with Crippen LogP contribution in [0.3, 0.4) is 0 Å². The number of halogens is 4. The van der Waals surface area contributed by atoms with Crippen molar-refractivity contribution in [3.05, 3.63) is 33.6 Å². The van der Waals surface area contributed by atoms with Crippen molar-refractivity contribution in [2.24, 2.45) is 0 Å². The zero-order chi connectivity index (χ0) is 12.1. The minimum Gasteiger partial charge on any atom is -0.481 e. The van der Waals surface area contributed by atoms with Crippen molar-refractivity contribution in [3.8, 4) is 0 Å². The molecule has 1 N–H and O–H groups in total. The van der Waals surface area contributed by atoms with Gasteiger partial charge in [0.15, 0.2) is 11.6 Å². The standard InChI is InChI=1S/C10H6BrF3O2/c11-6-7(13)4(3-5(12)8(6)14)10(1-2-10)9(15)16/h3H,1-2H2,(H,15,16). The lowest BCUT2D eigenvalue weighted by Crippen LogP contribution is -2.22. The van der Waals surface area contributed by atoms with Crippen LogP contribution in [0.25, 0.3) is 0 Å². The molecule has 0 radical (unpaired) electrons. The van der Waals surface area contributed by atoms with Crippen LogP contribution < -0.4 is 0 Å². The molecule has 0 aliphatic heterocycles. The Morgan fingerprint density at radius 3 is 2.31 bits per heavy atom. The van der Waals surface area contributed by atoms with E-state index in [2.05, 4.69) is 15.9 Å². The molecule has 2 nitrogen and oxygen atoms in total. The summed E-state index contributed by atoms with van der Waals surface area (Å²) in [5.41, 5.74) is -1.69. The summed E-state index contributed by atoms with van der Waals surface area (Å²) in [5.74, 6) is -4.86. The molecule has 2 rings (SSSR count). The quantitative estimate of drug-likeness (QED) is 0.672. The zero-order valence-electron chi connectivity index (χ0n) is 7.86. The van der Waals surface area contributed by atoms with Crippen molar-refractivity contribution in [2.45, 2.75) is 18.3 Å². The molecule has 0 aromatic heterocycles. The highest BCUT2D eigenvalue weighted by atomic mass is 79.9. The van der Waals surface area contributed by atoms with Gasteiger partial charge >= 0.3 is 5.97 Å². The maximum Gasteiger partial charge on any atom is 0.314 e. The summed E-state index contributed by atoms with van der Waals surface area (Å²) in [6.45, 7) is 0. The molecule has 1 aromatic rings. The number of hydrogen-bond acceptors (Lipinski definition) is 1. The van der Waals surface area contributed by atoms with Crippen LogP contribution in [0.1, 0.15) is 18.4 Å². The Bertz CT molecular complexity index is 483. The molecule has 1 aliphatic carbocycles. The topological polar surface area (TPSA) is 37.3 Å². The van der Waals surface area contributed by atoms with Gasteiger partial charge in [-0.1, -0.05) is 0 Å².